The molecule has 1 rings (SSSR count). The summed E-state index contributed by atoms with van der Waals surface area (Å²) in [5.74, 6) is -0.276. The molecule has 122 valence electrons. The minimum absolute atomic E-state index is 0.0455. The van der Waals surface area contributed by atoms with Crippen molar-refractivity contribution in [3.63, 3.8) is 0 Å². The molecule has 1 aromatic carbocycles. The number of rotatable bonds is 6. The number of ether oxygens (including phenoxy) is 1. The molecular weight excluding hydrogens is 348 g/mol. The summed E-state index contributed by atoms with van der Waals surface area (Å²) in [7, 11) is 0. The highest BCUT2D eigenvalue weighted by Crippen LogP contribution is 2.22. The van der Waals surface area contributed by atoms with E-state index in [4.69, 9.17) is 4.74 Å². The number of carbonyl (C=O) groups excluding carboxylic acids is 2. The lowest BCUT2D eigenvalue weighted by molar-refractivity contribution is -0.124. The van der Waals surface area contributed by atoms with Crippen LogP contribution in [0, 0.1) is 5.92 Å². The van der Waals surface area contributed by atoms with Gasteiger partial charge in [0.25, 0.3) is 0 Å². The third-order valence-electron chi connectivity index (χ3n) is 3.23. The van der Waals surface area contributed by atoms with Crippen LogP contribution in [-0.4, -0.2) is 24.6 Å². The zero-order chi connectivity index (χ0) is 16.7. The van der Waals surface area contributed by atoms with Crippen LogP contribution in [0.3, 0.4) is 0 Å². The predicted octanol–water partition coefficient (Wildman–Crippen LogP) is 3.40. The summed E-state index contributed by atoms with van der Waals surface area (Å²) in [4.78, 5) is 24.0. The van der Waals surface area contributed by atoms with Gasteiger partial charge in [0.15, 0.2) is 0 Å². The third kappa shape index (κ3) is 5.33. The van der Waals surface area contributed by atoms with Crippen LogP contribution in [0.15, 0.2) is 28.7 Å². The second kappa shape index (κ2) is 8.78. The van der Waals surface area contributed by atoms with E-state index in [1.807, 2.05) is 45.0 Å². The zero-order valence-corrected chi connectivity index (χ0v) is 14.9. The predicted molar refractivity (Wildman–Crippen MR) is 89.5 cm³/mol. The number of nitrogens with one attached hydrogen (secondary N) is 2. The van der Waals surface area contributed by atoms with Crippen molar-refractivity contribution in [3.8, 4) is 0 Å². The molecule has 6 heteroatoms. The summed E-state index contributed by atoms with van der Waals surface area (Å²) in [6, 6.07) is 6.89. The SMILES string of the molecule is CCOC(=O)N[C@@H](C(=O)N[C@H](C)c1ccccc1Br)C(C)C. The Labute approximate surface area is 139 Å². The van der Waals surface area contributed by atoms with E-state index in [0.717, 1.165) is 10.0 Å². The van der Waals surface area contributed by atoms with Crippen molar-refractivity contribution in [2.75, 3.05) is 6.61 Å². The molecule has 0 aromatic heterocycles. The molecule has 0 spiro atoms. The van der Waals surface area contributed by atoms with Crippen LogP contribution in [0.2, 0.25) is 0 Å². The van der Waals surface area contributed by atoms with Crippen molar-refractivity contribution in [3.05, 3.63) is 34.3 Å². The lowest BCUT2D eigenvalue weighted by Gasteiger charge is -2.24. The molecule has 0 aliphatic carbocycles. The highest BCUT2D eigenvalue weighted by molar-refractivity contribution is 9.10. The van der Waals surface area contributed by atoms with Crippen LogP contribution in [0.1, 0.15) is 39.3 Å². The molecule has 0 saturated heterocycles. The molecule has 0 aliphatic heterocycles. The van der Waals surface area contributed by atoms with E-state index < -0.39 is 12.1 Å². The van der Waals surface area contributed by atoms with Gasteiger partial charge in [-0.25, -0.2) is 4.79 Å². The topological polar surface area (TPSA) is 67.4 Å². The summed E-state index contributed by atoms with van der Waals surface area (Å²) >= 11 is 3.47. The number of hydrogen-bond acceptors (Lipinski definition) is 3. The molecule has 0 unspecified atom stereocenters. The van der Waals surface area contributed by atoms with Gasteiger partial charge in [-0.3, -0.25) is 4.79 Å². The molecule has 2 N–H and O–H groups in total. The van der Waals surface area contributed by atoms with Gasteiger partial charge in [-0.15, -0.1) is 0 Å². The van der Waals surface area contributed by atoms with Crippen LogP contribution >= 0.6 is 15.9 Å². The smallest absolute Gasteiger partial charge is 0.407 e. The van der Waals surface area contributed by atoms with Crippen molar-refractivity contribution in [2.24, 2.45) is 5.92 Å². The van der Waals surface area contributed by atoms with Gasteiger partial charge >= 0.3 is 6.09 Å². The molecule has 1 aromatic rings. The van der Waals surface area contributed by atoms with E-state index in [9.17, 15) is 9.59 Å². The van der Waals surface area contributed by atoms with Gasteiger partial charge in [0.2, 0.25) is 5.91 Å². The van der Waals surface area contributed by atoms with Gasteiger partial charge in [0.05, 0.1) is 12.6 Å². The van der Waals surface area contributed by atoms with Crippen molar-refractivity contribution in [2.45, 2.75) is 39.8 Å². The number of carbonyl (C=O) groups is 2. The second-order valence-electron chi connectivity index (χ2n) is 5.34. The Kier molecular flexibility index (Phi) is 7.38. The van der Waals surface area contributed by atoms with Crippen molar-refractivity contribution in [1.82, 2.24) is 10.6 Å². The Bertz CT molecular complexity index is 520. The van der Waals surface area contributed by atoms with Crippen LogP contribution < -0.4 is 10.6 Å². The number of amides is 2. The minimum atomic E-state index is -0.635. The molecule has 0 radical (unpaired) electrons. The lowest BCUT2D eigenvalue weighted by Crippen LogP contribution is -2.50. The average molecular weight is 371 g/mol. The van der Waals surface area contributed by atoms with Gasteiger partial charge in [0, 0.05) is 4.47 Å². The first-order valence-electron chi connectivity index (χ1n) is 7.34. The fourth-order valence-corrected chi connectivity index (χ4v) is 2.67. The Morgan fingerprint density at radius 1 is 1.18 bits per heavy atom. The van der Waals surface area contributed by atoms with Gasteiger partial charge < -0.3 is 15.4 Å². The first-order valence-corrected chi connectivity index (χ1v) is 8.14. The summed E-state index contributed by atoms with van der Waals surface area (Å²) in [6.07, 6.45) is -0.579. The number of benzene rings is 1. The van der Waals surface area contributed by atoms with E-state index in [2.05, 4.69) is 26.6 Å². The molecule has 0 aliphatic rings. The molecule has 2 amide bonds. The maximum atomic E-state index is 12.4. The molecule has 22 heavy (non-hydrogen) atoms. The van der Waals surface area contributed by atoms with Crippen LogP contribution in [0.5, 0.6) is 0 Å². The van der Waals surface area contributed by atoms with Gasteiger partial charge in [-0.1, -0.05) is 48.0 Å². The summed E-state index contributed by atoms with van der Waals surface area (Å²) < 4.78 is 5.78. The first kappa shape index (κ1) is 18.5. The first-order chi connectivity index (χ1) is 10.4. The minimum Gasteiger partial charge on any atom is -0.450 e. The molecule has 0 fully saturated rings. The number of hydrogen-bond donors (Lipinski definition) is 2. The molecule has 5 nitrogen and oxygen atoms in total. The van der Waals surface area contributed by atoms with Crippen LogP contribution in [0.25, 0.3) is 0 Å². The van der Waals surface area contributed by atoms with Crippen LogP contribution in [-0.2, 0) is 9.53 Å². The standard InChI is InChI=1S/C16H23BrN2O3/c1-5-22-16(21)19-14(10(2)3)15(20)18-11(4)12-8-6-7-9-13(12)17/h6-11,14H,5H2,1-4H3,(H,18,20)(H,19,21)/t11-,14-/m1/s1. The van der Waals surface area contributed by atoms with E-state index in [0.29, 0.717) is 0 Å². The summed E-state index contributed by atoms with van der Waals surface area (Å²) in [5.41, 5.74) is 0.981. The normalized spacial score (nSPS) is 13.4. The average Bonchev–Trinajstić information content (AvgIpc) is 2.44. The molecule has 0 bridgehead atoms. The third-order valence-corrected chi connectivity index (χ3v) is 3.95. The van der Waals surface area contributed by atoms with E-state index in [1.54, 1.807) is 6.92 Å². The van der Waals surface area contributed by atoms with Crippen molar-refractivity contribution >= 4 is 27.9 Å². The van der Waals surface area contributed by atoms with Crippen molar-refractivity contribution in [1.29, 1.82) is 0 Å². The lowest BCUT2D eigenvalue weighted by atomic mass is 10.0. The van der Waals surface area contributed by atoms with Crippen molar-refractivity contribution < 1.29 is 14.3 Å². The zero-order valence-electron chi connectivity index (χ0n) is 13.4. The van der Waals surface area contributed by atoms with Crippen LogP contribution in [0.4, 0.5) is 4.79 Å². The fourth-order valence-electron chi connectivity index (χ4n) is 2.04. The highest BCUT2D eigenvalue weighted by atomic mass is 79.9. The maximum Gasteiger partial charge on any atom is 0.407 e. The van der Waals surface area contributed by atoms with E-state index >= 15 is 0 Å². The maximum absolute atomic E-state index is 12.4. The largest absolute Gasteiger partial charge is 0.450 e. The molecule has 2 atom stereocenters. The number of alkyl carbamates (subject to hydrolysis) is 1. The molecule has 0 heterocycles. The van der Waals surface area contributed by atoms with Gasteiger partial charge in [-0.05, 0) is 31.4 Å². The Morgan fingerprint density at radius 2 is 1.82 bits per heavy atom. The molecule has 0 saturated carbocycles. The summed E-state index contributed by atoms with van der Waals surface area (Å²) in [6.45, 7) is 7.64. The van der Waals surface area contributed by atoms with Gasteiger partial charge in [0.1, 0.15) is 6.04 Å². The highest BCUT2D eigenvalue weighted by Gasteiger charge is 2.26. The van der Waals surface area contributed by atoms with E-state index in [1.165, 1.54) is 0 Å². The monoisotopic (exact) mass is 370 g/mol. The quantitative estimate of drug-likeness (QED) is 0.806. The fraction of sp³-hybridized carbons (Fsp3) is 0.500. The Morgan fingerprint density at radius 3 is 2.36 bits per heavy atom. The van der Waals surface area contributed by atoms with E-state index in [-0.39, 0.29) is 24.5 Å². The summed E-state index contributed by atoms with van der Waals surface area (Å²) in [5, 5.41) is 5.53. The second-order valence-corrected chi connectivity index (χ2v) is 6.19. The Hall–Kier alpha value is -1.56. The molecular formula is C16H23BrN2O3. The number of halogens is 1. The van der Waals surface area contributed by atoms with Gasteiger partial charge in [-0.2, -0.15) is 0 Å². The Balaban J connectivity index is 2.75.